The topological polar surface area (TPSA) is 86.0 Å². The molecule has 0 bridgehead atoms. The second-order valence-corrected chi connectivity index (χ2v) is 4.81. The molecule has 0 aliphatic rings. The Morgan fingerprint density at radius 1 is 1.29 bits per heavy atom. The van der Waals surface area contributed by atoms with E-state index in [0.29, 0.717) is 0 Å². The highest BCUT2D eigenvalue weighted by Gasteiger charge is 2.32. The van der Waals surface area contributed by atoms with E-state index in [4.69, 9.17) is 10.5 Å². The Labute approximate surface area is 136 Å². The highest BCUT2D eigenvalue weighted by molar-refractivity contribution is 5.46. The first-order valence-corrected chi connectivity index (χ1v) is 7.06. The van der Waals surface area contributed by atoms with Crippen LogP contribution in [-0.4, -0.2) is 21.6 Å². The van der Waals surface area contributed by atoms with E-state index in [1.165, 1.54) is 12.3 Å². The molecular formula is C15H16F3N5O. The molecule has 0 aliphatic heterocycles. The van der Waals surface area contributed by atoms with Crippen LogP contribution in [0.3, 0.4) is 0 Å². The summed E-state index contributed by atoms with van der Waals surface area (Å²) in [6, 6.07) is 2.45. The van der Waals surface area contributed by atoms with Crippen LogP contribution in [0.1, 0.15) is 18.2 Å². The van der Waals surface area contributed by atoms with Gasteiger partial charge in [-0.2, -0.15) is 13.2 Å². The largest absolute Gasteiger partial charge is 0.457 e. The number of ether oxygens (including phenoxy) is 1. The molecule has 0 radical (unpaired) electrons. The molecule has 0 amide bonds. The third-order valence-electron chi connectivity index (χ3n) is 2.93. The normalized spacial score (nSPS) is 12.1. The quantitative estimate of drug-likeness (QED) is 0.842. The highest BCUT2D eigenvalue weighted by atomic mass is 19.4. The maximum Gasteiger partial charge on any atom is 0.433 e. The molecule has 3 N–H and O–H groups in total. The fourth-order valence-corrected chi connectivity index (χ4v) is 1.64. The Bertz CT molecular complexity index is 701. The number of alkyl halides is 3. The standard InChI is InChI=1S/C15H16F3N5O/c1-2-10-6-22-14(23-7-10)24-9-11(19)8-21-12-3-4-20-13(5-12)15(16,17)18/h3-8H,2,9,19H2,1H3,(H,20,21)/b11-8-. The molecule has 0 saturated carbocycles. The van der Waals surface area contributed by atoms with E-state index >= 15 is 0 Å². The Balaban J connectivity index is 1.91. The number of nitrogens with one attached hydrogen (secondary N) is 1. The summed E-state index contributed by atoms with van der Waals surface area (Å²) in [5.41, 5.74) is 6.20. The minimum Gasteiger partial charge on any atom is -0.457 e. The van der Waals surface area contributed by atoms with E-state index in [9.17, 15) is 13.2 Å². The zero-order valence-corrected chi connectivity index (χ0v) is 12.8. The number of hydrogen-bond acceptors (Lipinski definition) is 6. The molecule has 0 unspecified atom stereocenters. The summed E-state index contributed by atoms with van der Waals surface area (Å²) < 4.78 is 43.0. The summed E-state index contributed by atoms with van der Waals surface area (Å²) in [6.45, 7) is 1.98. The van der Waals surface area contributed by atoms with Crippen molar-refractivity contribution in [2.75, 3.05) is 11.9 Å². The molecule has 0 atom stereocenters. The van der Waals surface area contributed by atoms with Gasteiger partial charge in [0.2, 0.25) is 0 Å². The first-order chi connectivity index (χ1) is 11.4. The number of hydrogen-bond donors (Lipinski definition) is 2. The van der Waals surface area contributed by atoms with Gasteiger partial charge >= 0.3 is 12.2 Å². The van der Waals surface area contributed by atoms with Crippen LogP contribution in [0.5, 0.6) is 6.01 Å². The minimum absolute atomic E-state index is 0.00428. The van der Waals surface area contributed by atoms with E-state index in [1.54, 1.807) is 12.4 Å². The number of pyridine rings is 1. The lowest BCUT2D eigenvalue weighted by atomic mass is 10.3. The first-order valence-electron chi connectivity index (χ1n) is 7.06. The molecule has 0 saturated heterocycles. The average Bonchev–Trinajstić information content (AvgIpc) is 2.58. The third-order valence-corrected chi connectivity index (χ3v) is 2.93. The minimum atomic E-state index is -4.50. The molecule has 6 nitrogen and oxygen atoms in total. The smallest absolute Gasteiger partial charge is 0.433 e. The molecule has 0 aromatic carbocycles. The van der Waals surface area contributed by atoms with E-state index in [0.717, 1.165) is 24.2 Å². The zero-order chi connectivity index (χ0) is 17.6. The van der Waals surface area contributed by atoms with Gasteiger partial charge in [-0.3, -0.25) is 4.98 Å². The van der Waals surface area contributed by atoms with E-state index in [-0.39, 0.29) is 24.0 Å². The molecular weight excluding hydrogens is 323 g/mol. The van der Waals surface area contributed by atoms with Gasteiger partial charge in [0.1, 0.15) is 12.3 Å². The zero-order valence-electron chi connectivity index (χ0n) is 12.8. The lowest BCUT2D eigenvalue weighted by Gasteiger charge is -2.08. The van der Waals surface area contributed by atoms with Crippen molar-refractivity contribution < 1.29 is 17.9 Å². The second-order valence-electron chi connectivity index (χ2n) is 4.81. The summed E-state index contributed by atoms with van der Waals surface area (Å²) in [4.78, 5) is 11.3. The summed E-state index contributed by atoms with van der Waals surface area (Å²) in [6.07, 6.45) is 2.02. The number of aromatic nitrogens is 3. The summed E-state index contributed by atoms with van der Waals surface area (Å²) in [5, 5.41) is 2.66. The van der Waals surface area contributed by atoms with Crippen LogP contribution in [0.25, 0.3) is 0 Å². The van der Waals surface area contributed by atoms with Gasteiger partial charge in [-0.15, -0.1) is 0 Å². The van der Waals surface area contributed by atoms with Gasteiger partial charge < -0.3 is 15.8 Å². The molecule has 2 heterocycles. The summed E-state index contributed by atoms with van der Waals surface area (Å²) in [5.74, 6) is 0. The Kier molecular flexibility index (Phi) is 5.56. The maximum atomic E-state index is 12.6. The fourth-order valence-electron chi connectivity index (χ4n) is 1.64. The summed E-state index contributed by atoms with van der Waals surface area (Å²) >= 11 is 0. The Morgan fingerprint density at radius 3 is 2.62 bits per heavy atom. The lowest BCUT2D eigenvalue weighted by molar-refractivity contribution is -0.141. The molecule has 0 fully saturated rings. The average molecular weight is 339 g/mol. The molecule has 128 valence electrons. The van der Waals surface area contributed by atoms with Crippen LogP contribution in [-0.2, 0) is 12.6 Å². The molecule has 2 aromatic heterocycles. The number of rotatable bonds is 6. The summed E-state index contributed by atoms with van der Waals surface area (Å²) in [7, 11) is 0. The van der Waals surface area contributed by atoms with Crippen molar-refractivity contribution in [3.8, 4) is 6.01 Å². The number of halogens is 3. The van der Waals surface area contributed by atoms with Gasteiger partial charge in [0.15, 0.2) is 0 Å². The van der Waals surface area contributed by atoms with Gasteiger partial charge in [-0.1, -0.05) is 6.92 Å². The van der Waals surface area contributed by atoms with Gasteiger partial charge in [-0.25, -0.2) is 9.97 Å². The van der Waals surface area contributed by atoms with Crippen molar-refractivity contribution in [1.82, 2.24) is 15.0 Å². The monoisotopic (exact) mass is 339 g/mol. The van der Waals surface area contributed by atoms with E-state index < -0.39 is 11.9 Å². The lowest BCUT2D eigenvalue weighted by Crippen LogP contribution is -2.12. The maximum absolute atomic E-state index is 12.6. The van der Waals surface area contributed by atoms with Crippen molar-refractivity contribution in [2.24, 2.45) is 5.73 Å². The van der Waals surface area contributed by atoms with Gasteiger partial charge in [0, 0.05) is 30.5 Å². The van der Waals surface area contributed by atoms with Crippen LogP contribution in [0, 0.1) is 0 Å². The van der Waals surface area contributed by atoms with Crippen LogP contribution >= 0.6 is 0 Å². The van der Waals surface area contributed by atoms with Gasteiger partial charge in [0.25, 0.3) is 0 Å². The molecule has 24 heavy (non-hydrogen) atoms. The third kappa shape index (κ3) is 5.11. The predicted octanol–water partition coefficient (Wildman–Crippen LogP) is 2.74. The SMILES string of the molecule is CCc1cnc(OC/C(N)=C/Nc2ccnc(C(F)(F)F)c2)nc1. The van der Waals surface area contributed by atoms with Crippen molar-refractivity contribution in [3.05, 3.63) is 53.9 Å². The van der Waals surface area contributed by atoms with E-state index in [1.807, 2.05) is 6.92 Å². The van der Waals surface area contributed by atoms with Crippen molar-refractivity contribution in [1.29, 1.82) is 0 Å². The molecule has 0 aliphatic carbocycles. The molecule has 2 rings (SSSR count). The van der Waals surface area contributed by atoms with Crippen LogP contribution in [0.2, 0.25) is 0 Å². The van der Waals surface area contributed by atoms with Crippen LogP contribution in [0.4, 0.5) is 18.9 Å². The fraction of sp³-hybridized carbons (Fsp3) is 0.267. The van der Waals surface area contributed by atoms with Gasteiger partial charge in [-0.05, 0) is 24.1 Å². The number of nitrogens with zero attached hydrogens (tertiary/aromatic N) is 3. The van der Waals surface area contributed by atoms with Crippen LogP contribution in [0.15, 0.2) is 42.6 Å². The van der Waals surface area contributed by atoms with Crippen molar-refractivity contribution >= 4 is 5.69 Å². The first kappa shape index (κ1) is 17.5. The van der Waals surface area contributed by atoms with Crippen molar-refractivity contribution in [3.63, 3.8) is 0 Å². The van der Waals surface area contributed by atoms with Gasteiger partial charge in [0.05, 0.1) is 5.70 Å². The number of nitrogens with two attached hydrogens (primary N) is 1. The Hall–Kier alpha value is -2.84. The number of aryl methyl sites for hydroxylation is 1. The molecule has 2 aromatic rings. The van der Waals surface area contributed by atoms with Crippen molar-refractivity contribution in [2.45, 2.75) is 19.5 Å². The predicted molar refractivity (Wildman–Crippen MR) is 82.0 cm³/mol. The highest BCUT2D eigenvalue weighted by Crippen LogP contribution is 2.28. The second kappa shape index (κ2) is 7.62. The number of anilines is 1. The van der Waals surface area contributed by atoms with E-state index in [2.05, 4.69) is 20.3 Å². The van der Waals surface area contributed by atoms with Crippen LogP contribution < -0.4 is 15.8 Å². The molecule has 0 spiro atoms. The molecule has 9 heteroatoms. The Morgan fingerprint density at radius 2 is 2.00 bits per heavy atom.